The van der Waals surface area contributed by atoms with E-state index in [-0.39, 0.29) is 28.5 Å². The summed E-state index contributed by atoms with van der Waals surface area (Å²) < 4.78 is 0. The van der Waals surface area contributed by atoms with Crippen molar-refractivity contribution in [1.82, 2.24) is 9.97 Å². The number of aromatic nitrogens is 2. The van der Waals surface area contributed by atoms with Crippen molar-refractivity contribution < 1.29 is 4.92 Å². The normalized spacial score (nSPS) is 12.6. The Hall–Kier alpha value is -1.43. The first-order valence-electron chi connectivity index (χ1n) is 6.15. The third-order valence-corrected chi connectivity index (χ3v) is 3.17. The molecule has 19 heavy (non-hydrogen) atoms. The standard InChI is InChI=1S/C12H19ClN4O2/c1-7(2)6-8(3)16(5)11-10(17(18)19)9(4)14-12(13)15-11/h7-8H,6H2,1-5H3. The molecular formula is C12H19ClN4O2. The Bertz CT molecular complexity index is 479. The van der Waals surface area contributed by atoms with E-state index in [0.29, 0.717) is 5.92 Å². The molecule has 0 amide bonds. The molecule has 0 aromatic carbocycles. The molecule has 1 aromatic rings. The maximum Gasteiger partial charge on any atom is 0.332 e. The highest BCUT2D eigenvalue weighted by Crippen LogP contribution is 2.31. The predicted molar refractivity (Wildman–Crippen MR) is 75.8 cm³/mol. The molecule has 0 bridgehead atoms. The van der Waals surface area contributed by atoms with Crippen LogP contribution in [0.2, 0.25) is 5.28 Å². The monoisotopic (exact) mass is 286 g/mol. The Balaban J connectivity index is 3.21. The number of hydrogen-bond donors (Lipinski definition) is 0. The number of halogens is 1. The molecule has 0 aliphatic heterocycles. The lowest BCUT2D eigenvalue weighted by Gasteiger charge is -2.27. The Labute approximate surface area is 118 Å². The summed E-state index contributed by atoms with van der Waals surface area (Å²) in [4.78, 5) is 20.4. The highest BCUT2D eigenvalue weighted by atomic mass is 35.5. The van der Waals surface area contributed by atoms with Crippen LogP contribution in [0.3, 0.4) is 0 Å². The number of nitrogens with zero attached hydrogens (tertiary/aromatic N) is 4. The Morgan fingerprint density at radius 1 is 1.37 bits per heavy atom. The topological polar surface area (TPSA) is 72.2 Å². The van der Waals surface area contributed by atoms with Crippen LogP contribution >= 0.6 is 11.6 Å². The van der Waals surface area contributed by atoms with Crippen LogP contribution in [-0.4, -0.2) is 28.0 Å². The summed E-state index contributed by atoms with van der Waals surface area (Å²) >= 11 is 5.81. The summed E-state index contributed by atoms with van der Waals surface area (Å²) in [7, 11) is 1.79. The average molecular weight is 287 g/mol. The zero-order valence-electron chi connectivity index (χ0n) is 11.8. The number of rotatable bonds is 5. The maximum atomic E-state index is 11.2. The molecule has 1 unspecified atom stereocenters. The smallest absolute Gasteiger partial charge is 0.332 e. The van der Waals surface area contributed by atoms with E-state index in [0.717, 1.165) is 6.42 Å². The number of hydrogen-bond acceptors (Lipinski definition) is 5. The molecule has 1 aromatic heterocycles. The van der Waals surface area contributed by atoms with Gasteiger partial charge in [0.15, 0.2) is 0 Å². The molecule has 0 aliphatic carbocycles. The summed E-state index contributed by atoms with van der Waals surface area (Å²) in [6.45, 7) is 7.79. The van der Waals surface area contributed by atoms with Gasteiger partial charge in [0.05, 0.1) is 4.92 Å². The van der Waals surface area contributed by atoms with Gasteiger partial charge in [-0.05, 0) is 37.8 Å². The second kappa shape index (κ2) is 6.14. The fourth-order valence-corrected chi connectivity index (χ4v) is 2.23. The lowest BCUT2D eigenvalue weighted by atomic mass is 10.0. The zero-order chi connectivity index (χ0) is 14.7. The molecule has 0 fully saturated rings. The fourth-order valence-electron chi connectivity index (χ4n) is 2.03. The van der Waals surface area contributed by atoms with Gasteiger partial charge in [0.25, 0.3) is 0 Å². The second-order valence-corrected chi connectivity index (χ2v) is 5.43. The minimum Gasteiger partial charge on any atom is -0.351 e. The first-order valence-corrected chi connectivity index (χ1v) is 6.53. The summed E-state index contributed by atoms with van der Waals surface area (Å²) in [6, 6.07) is 0.129. The maximum absolute atomic E-state index is 11.2. The zero-order valence-corrected chi connectivity index (χ0v) is 12.6. The molecule has 6 nitrogen and oxygen atoms in total. The summed E-state index contributed by atoms with van der Waals surface area (Å²) in [5.74, 6) is 0.769. The van der Waals surface area contributed by atoms with Gasteiger partial charge in [-0.3, -0.25) is 10.1 Å². The van der Waals surface area contributed by atoms with Gasteiger partial charge in [0.2, 0.25) is 11.1 Å². The lowest BCUT2D eigenvalue weighted by Crippen LogP contribution is -2.31. The minimum absolute atomic E-state index is 0.0293. The molecular weight excluding hydrogens is 268 g/mol. The van der Waals surface area contributed by atoms with Crippen molar-refractivity contribution in [3.8, 4) is 0 Å². The van der Waals surface area contributed by atoms with Crippen molar-refractivity contribution in [2.45, 2.75) is 40.2 Å². The van der Waals surface area contributed by atoms with Gasteiger partial charge in [0.1, 0.15) is 5.69 Å². The first-order chi connectivity index (χ1) is 8.73. The average Bonchev–Trinajstić information content (AvgIpc) is 2.25. The van der Waals surface area contributed by atoms with E-state index in [1.165, 1.54) is 0 Å². The summed E-state index contributed by atoms with van der Waals surface area (Å²) in [6.07, 6.45) is 0.911. The van der Waals surface area contributed by atoms with Crippen molar-refractivity contribution in [2.75, 3.05) is 11.9 Å². The summed E-state index contributed by atoms with van der Waals surface area (Å²) in [5, 5.41) is 11.2. The van der Waals surface area contributed by atoms with Crippen LogP contribution < -0.4 is 4.90 Å². The largest absolute Gasteiger partial charge is 0.351 e. The van der Waals surface area contributed by atoms with Crippen molar-refractivity contribution in [1.29, 1.82) is 0 Å². The van der Waals surface area contributed by atoms with E-state index >= 15 is 0 Å². The molecule has 1 rings (SSSR count). The molecule has 1 atom stereocenters. The lowest BCUT2D eigenvalue weighted by molar-refractivity contribution is -0.385. The van der Waals surface area contributed by atoms with Crippen molar-refractivity contribution in [3.05, 3.63) is 21.1 Å². The van der Waals surface area contributed by atoms with E-state index in [1.807, 2.05) is 6.92 Å². The van der Waals surface area contributed by atoms with Crippen molar-refractivity contribution in [2.24, 2.45) is 5.92 Å². The Morgan fingerprint density at radius 3 is 2.42 bits per heavy atom. The molecule has 0 saturated carbocycles. The van der Waals surface area contributed by atoms with Crippen LogP contribution in [-0.2, 0) is 0 Å². The van der Waals surface area contributed by atoms with E-state index < -0.39 is 4.92 Å². The fraction of sp³-hybridized carbons (Fsp3) is 0.667. The van der Waals surface area contributed by atoms with Crippen LogP contribution in [0.25, 0.3) is 0 Å². The quantitative estimate of drug-likeness (QED) is 0.472. The van der Waals surface area contributed by atoms with E-state index in [4.69, 9.17) is 11.6 Å². The highest BCUT2D eigenvalue weighted by Gasteiger charge is 2.26. The summed E-state index contributed by atoms with van der Waals surface area (Å²) in [5.41, 5.74) is 0.200. The third kappa shape index (κ3) is 3.76. The van der Waals surface area contributed by atoms with Gasteiger partial charge in [-0.2, -0.15) is 4.98 Å². The first kappa shape index (κ1) is 15.6. The van der Waals surface area contributed by atoms with Gasteiger partial charge < -0.3 is 4.90 Å². The van der Waals surface area contributed by atoms with Crippen LogP contribution in [0, 0.1) is 23.0 Å². The highest BCUT2D eigenvalue weighted by molar-refractivity contribution is 6.28. The Kier molecular flexibility index (Phi) is 5.05. The Morgan fingerprint density at radius 2 is 1.95 bits per heavy atom. The third-order valence-electron chi connectivity index (χ3n) is 3.00. The molecule has 0 radical (unpaired) electrons. The molecule has 106 valence electrons. The molecule has 7 heteroatoms. The van der Waals surface area contributed by atoms with Crippen LogP contribution in [0.5, 0.6) is 0 Å². The predicted octanol–water partition coefficient (Wildman–Crippen LogP) is 3.22. The number of aryl methyl sites for hydroxylation is 1. The van der Waals surface area contributed by atoms with Crippen LogP contribution in [0.1, 0.15) is 32.9 Å². The van der Waals surface area contributed by atoms with E-state index in [1.54, 1.807) is 18.9 Å². The molecule has 0 aliphatic rings. The molecule has 0 saturated heterocycles. The number of nitro groups is 1. The van der Waals surface area contributed by atoms with Crippen LogP contribution in [0.15, 0.2) is 0 Å². The SMILES string of the molecule is Cc1nc(Cl)nc(N(C)C(C)CC(C)C)c1[N+](=O)[O-]. The van der Waals surface area contributed by atoms with Gasteiger partial charge in [-0.1, -0.05) is 13.8 Å². The van der Waals surface area contributed by atoms with Gasteiger partial charge >= 0.3 is 5.69 Å². The molecule has 0 spiro atoms. The minimum atomic E-state index is -0.459. The molecule has 1 heterocycles. The van der Waals surface area contributed by atoms with Gasteiger partial charge in [0, 0.05) is 13.1 Å². The van der Waals surface area contributed by atoms with Crippen molar-refractivity contribution >= 4 is 23.1 Å². The van der Waals surface area contributed by atoms with Crippen molar-refractivity contribution in [3.63, 3.8) is 0 Å². The van der Waals surface area contributed by atoms with E-state index in [9.17, 15) is 10.1 Å². The van der Waals surface area contributed by atoms with Gasteiger partial charge in [-0.15, -0.1) is 0 Å². The van der Waals surface area contributed by atoms with Gasteiger partial charge in [-0.25, -0.2) is 4.98 Å². The van der Waals surface area contributed by atoms with Crippen LogP contribution in [0.4, 0.5) is 11.5 Å². The van der Waals surface area contributed by atoms with E-state index in [2.05, 4.69) is 23.8 Å². The molecule has 0 N–H and O–H groups in total. The number of anilines is 1. The second-order valence-electron chi connectivity index (χ2n) is 5.10.